The van der Waals surface area contributed by atoms with Crippen LogP contribution in [0.2, 0.25) is 0 Å². The quantitative estimate of drug-likeness (QED) is 0.223. The minimum Gasteiger partial charge on any atom is -0.506 e. The number of aromatic amines is 1. The molecule has 13 nitrogen and oxygen atoms in total. The first-order valence-electron chi connectivity index (χ1n) is 10.9. The zero-order chi connectivity index (χ0) is 25.4. The lowest BCUT2D eigenvalue weighted by molar-refractivity contribution is -0.135. The van der Waals surface area contributed by atoms with Gasteiger partial charge in [-0.25, -0.2) is 9.78 Å². The second-order valence-corrected chi connectivity index (χ2v) is 8.37. The van der Waals surface area contributed by atoms with Crippen LogP contribution in [0.4, 0.5) is 16.3 Å². The lowest BCUT2D eigenvalue weighted by Crippen LogP contribution is -2.61. The van der Waals surface area contributed by atoms with Crippen molar-refractivity contribution in [2.45, 2.75) is 18.5 Å². The average Bonchev–Trinajstić information content (AvgIpc) is 3.55. The summed E-state index contributed by atoms with van der Waals surface area (Å²) in [6.45, 7) is -0.253. The van der Waals surface area contributed by atoms with Gasteiger partial charge in [-0.15, -0.1) is 0 Å². The number of fused-ring (bicyclic) bond motifs is 1. The number of amides is 4. The molecule has 0 bridgehead atoms. The Balaban J connectivity index is 1.41. The number of nitrogens with zero attached hydrogens (tertiary/aromatic N) is 3. The van der Waals surface area contributed by atoms with Crippen molar-refractivity contribution in [1.82, 2.24) is 30.7 Å². The molecule has 13 heteroatoms. The highest BCUT2D eigenvalue weighted by Gasteiger charge is 2.54. The number of nitrogens with one attached hydrogen (secondary N) is 4. The number of rotatable bonds is 8. The molecule has 1 saturated heterocycles. The maximum atomic E-state index is 13.5. The van der Waals surface area contributed by atoms with Crippen LogP contribution in [0.5, 0.6) is 11.5 Å². The Hall–Kier alpha value is -4.94. The minimum absolute atomic E-state index is 0.0115. The monoisotopic (exact) mass is 491 g/mol. The van der Waals surface area contributed by atoms with Crippen LogP contribution in [0, 0.1) is 0 Å². The van der Waals surface area contributed by atoms with Crippen LogP contribution in [0.15, 0.2) is 42.7 Å². The Labute approximate surface area is 203 Å². The number of hydrogen-bond acceptors (Lipinski definition) is 9. The van der Waals surface area contributed by atoms with Crippen molar-refractivity contribution in [3.05, 3.63) is 59.5 Å². The Morgan fingerprint density at radius 3 is 2.78 bits per heavy atom. The van der Waals surface area contributed by atoms with E-state index in [1.54, 1.807) is 24.4 Å². The number of aromatic hydroxyl groups is 1. The second kappa shape index (κ2) is 8.69. The van der Waals surface area contributed by atoms with Crippen LogP contribution in [-0.4, -0.2) is 68.0 Å². The van der Waals surface area contributed by atoms with Crippen molar-refractivity contribution < 1.29 is 29.0 Å². The Morgan fingerprint density at radius 2 is 2.08 bits per heavy atom. The fraction of sp³-hybridized carbons (Fsp3) is 0.217. The summed E-state index contributed by atoms with van der Waals surface area (Å²) in [4.78, 5) is 57.1. The molecule has 1 fully saturated rings. The molecule has 5 N–H and O–H groups in total. The average molecular weight is 491 g/mol. The number of benzene rings is 1. The van der Waals surface area contributed by atoms with E-state index in [4.69, 9.17) is 4.74 Å². The number of H-pyrrole nitrogens is 1. The van der Waals surface area contributed by atoms with Crippen molar-refractivity contribution in [2.75, 3.05) is 19.0 Å². The van der Waals surface area contributed by atoms with Gasteiger partial charge in [0.25, 0.3) is 11.8 Å². The van der Waals surface area contributed by atoms with E-state index in [0.717, 1.165) is 0 Å². The number of urea groups is 1. The van der Waals surface area contributed by atoms with Crippen molar-refractivity contribution in [3.8, 4) is 11.5 Å². The first-order valence-corrected chi connectivity index (χ1v) is 10.9. The predicted molar refractivity (Wildman–Crippen MR) is 124 cm³/mol. The number of methoxy groups -OCH3 is 1. The van der Waals surface area contributed by atoms with Gasteiger partial charge in [-0.2, -0.15) is 5.10 Å². The SMILES string of the molecule is COc1ccc2c(c1)C(=O)N(C[C@@]1(C(=O)Cc3nc(Nc4cn[nH]c4)ccc3O)NC(=O)NC1=O)C2. The Bertz CT molecular complexity index is 1390. The third-order valence-electron chi connectivity index (χ3n) is 6.09. The van der Waals surface area contributed by atoms with Gasteiger partial charge in [-0.05, 0) is 29.8 Å². The van der Waals surface area contributed by atoms with Crippen LogP contribution in [0.25, 0.3) is 0 Å². The van der Waals surface area contributed by atoms with Gasteiger partial charge in [0, 0.05) is 18.3 Å². The first-order chi connectivity index (χ1) is 17.3. The molecule has 5 rings (SSSR count). The number of carbonyl (C=O) groups is 4. The van der Waals surface area contributed by atoms with Crippen LogP contribution < -0.4 is 20.7 Å². The maximum Gasteiger partial charge on any atom is 0.322 e. The summed E-state index contributed by atoms with van der Waals surface area (Å²) >= 11 is 0. The van der Waals surface area contributed by atoms with E-state index in [0.29, 0.717) is 28.4 Å². The van der Waals surface area contributed by atoms with Gasteiger partial charge in [0.05, 0.1) is 37.7 Å². The Kier molecular flexibility index (Phi) is 5.51. The molecule has 0 radical (unpaired) electrons. The van der Waals surface area contributed by atoms with E-state index in [9.17, 15) is 24.3 Å². The fourth-order valence-electron chi connectivity index (χ4n) is 4.23. The molecule has 36 heavy (non-hydrogen) atoms. The third kappa shape index (κ3) is 3.96. The molecule has 1 atom stereocenters. The molecule has 2 aliphatic rings. The van der Waals surface area contributed by atoms with E-state index < -0.39 is 42.1 Å². The van der Waals surface area contributed by atoms with Crippen molar-refractivity contribution >= 4 is 35.1 Å². The first kappa shape index (κ1) is 22.8. The van der Waals surface area contributed by atoms with E-state index in [-0.39, 0.29) is 18.0 Å². The second-order valence-electron chi connectivity index (χ2n) is 8.37. The van der Waals surface area contributed by atoms with Crippen molar-refractivity contribution in [1.29, 1.82) is 0 Å². The van der Waals surface area contributed by atoms with Gasteiger partial charge >= 0.3 is 6.03 Å². The largest absolute Gasteiger partial charge is 0.506 e. The van der Waals surface area contributed by atoms with Crippen molar-refractivity contribution in [3.63, 3.8) is 0 Å². The topological polar surface area (TPSA) is 179 Å². The predicted octanol–water partition coefficient (Wildman–Crippen LogP) is 0.608. The lowest BCUT2D eigenvalue weighted by atomic mass is 9.90. The molecule has 2 aliphatic heterocycles. The highest BCUT2D eigenvalue weighted by Crippen LogP contribution is 2.30. The van der Waals surface area contributed by atoms with Crippen LogP contribution in [0.1, 0.15) is 21.6 Å². The summed E-state index contributed by atoms with van der Waals surface area (Å²) in [5, 5.41) is 24.2. The highest BCUT2D eigenvalue weighted by molar-refractivity contribution is 6.21. The molecular formula is C23H21N7O6. The number of carbonyl (C=O) groups excluding carboxylic acids is 4. The van der Waals surface area contributed by atoms with E-state index in [1.807, 2.05) is 0 Å². The molecule has 4 heterocycles. The third-order valence-corrected chi connectivity index (χ3v) is 6.09. The van der Waals surface area contributed by atoms with E-state index in [1.165, 1.54) is 30.3 Å². The van der Waals surface area contributed by atoms with Crippen LogP contribution in [0.3, 0.4) is 0 Å². The van der Waals surface area contributed by atoms with Crippen molar-refractivity contribution in [2.24, 2.45) is 0 Å². The number of ketones is 1. The maximum absolute atomic E-state index is 13.5. The number of hydrogen-bond donors (Lipinski definition) is 5. The van der Waals surface area contributed by atoms with Gasteiger partial charge in [0.15, 0.2) is 11.3 Å². The summed E-state index contributed by atoms with van der Waals surface area (Å²) in [6.07, 6.45) is 2.63. The molecule has 1 aromatic carbocycles. The smallest absolute Gasteiger partial charge is 0.322 e. The molecular weight excluding hydrogens is 470 g/mol. The molecule has 184 valence electrons. The molecule has 2 aromatic heterocycles. The number of aromatic nitrogens is 3. The molecule has 0 saturated carbocycles. The summed E-state index contributed by atoms with van der Waals surface area (Å²) < 4.78 is 5.18. The number of anilines is 2. The fourth-order valence-corrected chi connectivity index (χ4v) is 4.23. The molecule has 4 amide bonds. The Morgan fingerprint density at radius 1 is 1.25 bits per heavy atom. The van der Waals surface area contributed by atoms with Crippen LogP contribution >= 0.6 is 0 Å². The number of ether oxygens (including phenoxy) is 1. The normalized spacial score (nSPS) is 18.6. The summed E-state index contributed by atoms with van der Waals surface area (Å²) in [5.41, 5.74) is -0.374. The van der Waals surface area contributed by atoms with E-state index in [2.05, 4.69) is 31.1 Å². The van der Waals surface area contributed by atoms with Gasteiger partial charge in [-0.1, -0.05) is 6.07 Å². The number of imide groups is 1. The van der Waals surface area contributed by atoms with Gasteiger partial charge in [0.1, 0.15) is 17.3 Å². The molecule has 0 spiro atoms. The van der Waals surface area contributed by atoms with Crippen LogP contribution in [-0.2, 0) is 22.6 Å². The summed E-state index contributed by atoms with van der Waals surface area (Å²) in [6, 6.07) is 7.02. The number of Topliss-reactive ketones (excluding diaryl/α,β-unsaturated/α-hetero) is 1. The summed E-state index contributed by atoms with van der Waals surface area (Å²) in [7, 11) is 1.48. The number of pyridine rings is 1. The molecule has 3 aromatic rings. The minimum atomic E-state index is -2.05. The zero-order valence-corrected chi connectivity index (χ0v) is 19.0. The van der Waals surface area contributed by atoms with Gasteiger partial charge in [-0.3, -0.25) is 24.8 Å². The highest BCUT2D eigenvalue weighted by atomic mass is 16.5. The summed E-state index contributed by atoms with van der Waals surface area (Å²) in [5.74, 6) is -1.48. The zero-order valence-electron chi connectivity index (χ0n) is 19.0. The standard InChI is InChI=1S/C23H21N7O6/c1-36-14-3-2-12-10-30(20(33)15(12)6-14)11-23(21(34)28-22(35)29-23)18(32)7-16-17(31)4-5-19(27-16)26-13-8-24-25-9-13/h2-6,8-9,31H,7,10-11H2,1H3,(H,24,25)(H,26,27)(H2,28,29,34,35)/t23-/m0/s1. The molecule has 0 unspecified atom stereocenters. The molecule has 0 aliphatic carbocycles. The van der Waals surface area contributed by atoms with Gasteiger partial charge < -0.3 is 25.4 Å². The van der Waals surface area contributed by atoms with E-state index >= 15 is 0 Å². The lowest BCUT2D eigenvalue weighted by Gasteiger charge is -2.29. The van der Waals surface area contributed by atoms with Gasteiger partial charge in [0.2, 0.25) is 0 Å².